The lowest BCUT2D eigenvalue weighted by atomic mass is 10.0. The Kier molecular flexibility index (Phi) is 4.34. The van der Waals surface area contributed by atoms with Gasteiger partial charge in [-0.3, -0.25) is 9.59 Å². The molecule has 1 saturated carbocycles. The lowest BCUT2D eigenvalue weighted by molar-refractivity contribution is 0.0779. The third kappa shape index (κ3) is 3.45. The van der Waals surface area contributed by atoms with Crippen LogP contribution < -0.4 is 5.73 Å². The minimum Gasteiger partial charge on any atom is -0.366 e. The first kappa shape index (κ1) is 16.2. The number of pyridine rings is 1. The van der Waals surface area contributed by atoms with E-state index in [-0.39, 0.29) is 17.6 Å². The second-order valence-electron chi connectivity index (χ2n) is 6.35. The number of carbonyl (C=O) groups is 2. The van der Waals surface area contributed by atoms with Gasteiger partial charge in [-0.05, 0) is 43.0 Å². The molecule has 0 saturated heterocycles. The van der Waals surface area contributed by atoms with Crippen LogP contribution in [0, 0.1) is 6.92 Å². The van der Waals surface area contributed by atoms with Crippen LogP contribution in [0.15, 0.2) is 36.4 Å². The molecule has 1 fully saturated rings. The van der Waals surface area contributed by atoms with Crippen molar-refractivity contribution in [1.82, 2.24) is 9.88 Å². The summed E-state index contributed by atoms with van der Waals surface area (Å²) in [5, 5.41) is 0. The fourth-order valence-corrected chi connectivity index (χ4v) is 2.74. The summed E-state index contributed by atoms with van der Waals surface area (Å²) in [5.41, 5.74) is 8.96. The normalized spacial score (nSPS) is 13.6. The lowest BCUT2D eigenvalue weighted by Gasteiger charge is -2.16. The van der Waals surface area contributed by atoms with Crippen LogP contribution in [0.5, 0.6) is 0 Å². The van der Waals surface area contributed by atoms with Crippen molar-refractivity contribution in [2.75, 3.05) is 7.05 Å². The minimum absolute atomic E-state index is 0.161. The van der Waals surface area contributed by atoms with E-state index in [1.54, 1.807) is 18.0 Å². The van der Waals surface area contributed by atoms with Gasteiger partial charge in [-0.25, -0.2) is 4.98 Å². The summed E-state index contributed by atoms with van der Waals surface area (Å²) < 4.78 is 0. The van der Waals surface area contributed by atoms with Gasteiger partial charge in [0.2, 0.25) is 5.91 Å². The van der Waals surface area contributed by atoms with Crippen LogP contribution in [0.2, 0.25) is 0 Å². The molecule has 2 amide bonds. The van der Waals surface area contributed by atoms with E-state index in [4.69, 9.17) is 5.73 Å². The molecular weight excluding hydrogens is 302 g/mol. The number of aromatic nitrogens is 1. The highest BCUT2D eigenvalue weighted by molar-refractivity contribution is 5.98. The van der Waals surface area contributed by atoms with E-state index in [1.807, 2.05) is 31.2 Å². The Morgan fingerprint density at radius 2 is 1.96 bits per heavy atom. The third-order valence-electron chi connectivity index (χ3n) is 4.43. The summed E-state index contributed by atoms with van der Waals surface area (Å²) in [7, 11) is 1.78. The average Bonchev–Trinajstić information content (AvgIpc) is 3.40. The molecule has 2 aromatic rings. The second-order valence-corrected chi connectivity index (χ2v) is 6.35. The Morgan fingerprint density at radius 1 is 1.25 bits per heavy atom. The van der Waals surface area contributed by atoms with Crippen molar-refractivity contribution < 1.29 is 9.59 Å². The zero-order chi connectivity index (χ0) is 17.3. The molecule has 0 bridgehead atoms. The molecule has 0 aliphatic heterocycles. The van der Waals surface area contributed by atoms with Crippen LogP contribution in [-0.2, 0) is 6.42 Å². The highest BCUT2D eigenvalue weighted by Gasteiger charge is 2.31. The van der Waals surface area contributed by atoms with Gasteiger partial charge in [0, 0.05) is 30.8 Å². The molecule has 1 aromatic heterocycles. The maximum absolute atomic E-state index is 12.6. The molecule has 2 N–H and O–H groups in total. The van der Waals surface area contributed by atoms with E-state index in [1.165, 1.54) is 6.07 Å². The van der Waals surface area contributed by atoms with Crippen molar-refractivity contribution in [2.24, 2.45) is 5.73 Å². The highest BCUT2D eigenvalue weighted by atomic mass is 16.2. The van der Waals surface area contributed by atoms with Gasteiger partial charge in [-0.15, -0.1) is 0 Å². The molecule has 5 nitrogen and oxygen atoms in total. The predicted octanol–water partition coefficient (Wildman–Crippen LogP) is 2.31. The number of carbonyl (C=O) groups excluding carboxylic acids is 2. The van der Waals surface area contributed by atoms with Crippen LogP contribution in [0.4, 0.5) is 0 Å². The maximum Gasteiger partial charge on any atom is 0.272 e. The second kappa shape index (κ2) is 6.43. The summed E-state index contributed by atoms with van der Waals surface area (Å²) in [6.45, 7) is 2.03. The van der Waals surface area contributed by atoms with Crippen LogP contribution in [0.1, 0.15) is 50.5 Å². The third-order valence-corrected chi connectivity index (χ3v) is 4.43. The van der Waals surface area contributed by atoms with Gasteiger partial charge in [0.15, 0.2) is 0 Å². The summed E-state index contributed by atoms with van der Waals surface area (Å²) in [4.78, 5) is 30.4. The van der Waals surface area contributed by atoms with Crippen LogP contribution in [-0.4, -0.2) is 34.8 Å². The molecule has 0 atom stereocenters. The van der Waals surface area contributed by atoms with Crippen molar-refractivity contribution in [2.45, 2.75) is 32.2 Å². The molecule has 1 aliphatic carbocycles. The maximum atomic E-state index is 12.6. The molecule has 0 unspecified atom stereocenters. The number of rotatable bonds is 5. The molecule has 24 heavy (non-hydrogen) atoms. The number of primary amides is 1. The van der Waals surface area contributed by atoms with Crippen molar-refractivity contribution in [3.63, 3.8) is 0 Å². The van der Waals surface area contributed by atoms with E-state index in [9.17, 15) is 9.59 Å². The largest absolute Gasteiger partial charge is 0.366 e. The topological polar surface area (TPSA) is 76.3 Å². The summed E-state index contributed by atoms with van der Waals surface area (Å²) in [6, 6.07) is 11.4. The molecular formula is C19H21N3O2. The van der Waals surface area contributed by atoms with E-state index in [0.29, 0.717) is 17.7 Å². The van der Waals surface area contributed by atoms with Crippen molar-refractivity contribution in [3.05, 3.63) is 64.5 Å². The molecule has 3 rings (SSSR count). The monoisotopic (exact) mass is 323 g/mol. The number of nitrogens with two attached hydrogens (primary N) is 1. The minimum atomic E-state index is -0.549. The Bertz CT molecular complexity index is 797. The van der Waals surface area contributed by atoms with Crippen molar-refractivity contribution >= 4 is 11.8 Å². The van der Waals surface area contributed by atoms with Crippen LogP contribution >= 0.6 is 0 Å². The van der Waals surface area contributed by atoms with Gasteiger partial charge in [-0.1, -0.05) is 24.3 Å². The summed E-state index contributed by atoms with van der Waals surface area (Å²) >= 11 is 0. The van der Waals surface area contributed by atoms with Crippen LogP contribution in [0.3, 0.4) is 0 Å². The van der Waals surface area contributed by atoms with Gasteiger partial charge in [0.05, 0.1) is 0 Å². The SMILES string of the molecule is Cc1ccccc1Cc1cc(C(N)=O)cc(C(=O)N(C)C2CC2)n1. The number of aryl methyl sites for hydroxylation is 1. The highest BCUT2D eigenvalue weighted by Crippen LogP contribution is 2.26. The number of benzene rings is 1. The molecule has 1 heterocycles. The molecule has 124 valence electrons. The zero-order valence-electron chi connectivity index (χ0n) is 14.0. The number of hydrogen-bond donors (Lipinski definition) is 1. The first-order chi connectivity index (χ1) is 11.5. The molecule has 0 radical (unpaired) electrons. The summed E-state index contributed by atoms with van der Waals surface area (Å²) in [5.74, 6) is -0.710. The molecule has 1 aromatic carbocycles. The van der Waals surface area contributed by atoms with E-state index in [0.717, 1.165) is 24.0 Å². The Hall–Kier alpha value is -2.69. The average molecular weight is 323 g/mol. The molecule has 1 aliphatic rings. The number of amides is 2. The first-order valence-electron chi connectivity index (χ1n) is 8.08. The fourth-order valence-electron chi connectivity index (χ4n) is 2.74. The van der Waals surface area contributed by atoms with Crippen molar-refractivity contribution in [3.8, 4) is 0 Å². The standard InChI is InChI=1S/C19H21N3O2/c1-12-5-3-4-6-13(12)9-15-10-14(18(20)23)11-17(21-15)19(24)22(2)16-7-8-16/h3-6,10-11,16H,7-9H2,1-2H3,(H2,20,23). The predicted molar refractivity (Wildman–Crippen MR) is 91.9 cm³/mol. The fraction of sp³-hybridized carbons (Fsp3) is 0.316. The summed E-state index contributed by atoms with van der Waals surface area (Å²) in [6.07, 6.45) is 2.60. The van der Waals surface area contributed by atoms with Crippen LogP contribution in [0.25, 0.3) is 0 Å². The van der Waals surface area contributed by atoms with Gasteiger partial charge < -0.3 is 10.6 Å². The Labute approximate surface area is 141 Å². The number of nitrogens with zero attached hydrogens (tertiary/aromatic N) is 2. The quantitative estimate of drug-likeness (QED) is 0.917. The van der Waals surface area contributed by atoms with Gasteiger partial charge in [0.1, 0.15) is 5.69 Å². The first-order valence-corrected chi connectivity index (χ1v) is 8.08. The van der Waals surface area contributed by atoms with Crippen molar-refractivity contribution in [1.29, 1.82) is 0 Å². The Morgan fingerprint density at radius 3 is 2.58 bits per heavy atom. The number of hydrogen-bond acceptors (Lipinski definition) is 3. The van der Waals surface area contributed by atoms with Gasteiger partial charge in [0.25, 0.3) is 5.91 Å². The molecule has 0 spiro atoms. The van der Waals surface area contributed by atoms with E-state index in [2.05, 4.69) is 4.98 Å². The van der Waals surface area contributed by atoms with Gasteiger partial charge >= 0.3 is 0 Å². The lowest BCUT2D eigenvalue weighted by Crippen LogP contribution is -2.30. The van der Waals surface area contributed by atoms with E-state index < -0.39 is 5.91 Å². The van der Waals surface area contributed by atoms with E-state index >= 15 is 0 Å². The van der Waals surface area contributed by atoms with Gasteiger partial charge in [-0.2, -0.15) is 0 Å². The Balaban J connectivity index is 1.95. The zero-order valence-corrected chi connectivity index (χ0v) is 14.0. The smallest absolute Gasteiger partial charge is 0.272 e. The molecule has 5 heteroatoms.